The maximum absolute atomic E-state index is 12.3. The molecule has 0 fully saturated rings. The van der Waals surface area contributed by atoms with Crippen LogP contribution in [0.4, 0.5) is 5.69 Å². The lowest BCUT2D eigenvalue weighted by Gasteiger charge is -2.19. The van der Waals surface area contributed by atoms with Crippen LogP contribution in [0.5, 0.6) is 11.5 Å². The molecule has 3 aromatic rings. The van der Waals surface area contributed by atoms with Crippen LogP contribution >= 0.6 is 0 Å². The molecule has 168 valence electrons. The minimum atomic E-state index is -0.242. The van der Waals surface area contributed by atoms with Gasteiger partial charge in [0.1, 0.15) is 13.2 Å². The Labute approximate surface area is 192 Å². The number of amides is 2. The molecule has 0 aliphatic carbocycles. The van der Waals surface area contributed by atoms with Crippen molar-refractivity contribution in [3.63, 3.8) is 0 Å². The standard InChI is InChI=1S/C26H25N3O4/c1-18(15-25(30)27-22-11-12-23-24(17-22)33-14-13-32-23)28-29-26(31)16-19-7-9-21(10-8-19)20-5-3-2-4-6-20/h2-12,17H,13-16H2,1H3,(H,27,30)(H,29,31)/b28-18-. The maximum atomic E-state index is 12.3. The molecule has 7 nitrogen and oxygen atoms in total. The normalized spacial score (nSPS) is 12.7. The molecule has 33 heavy (non-hydrogen) atoms. The summed E-state index contributed by atoms with van der Waals surface area (Å²) < 4.78 is 11.0. The summed E-state index contributed by atoms with van der Waals surface area (Å²) >= 11 is 0. The molecule has 7 heteroatoms. The van der Waals surface area contributed by atoms with Crippen molar-refractivity contribution < 1.29 is 19.1 Å². The second-order valence-corrected chi connectivity index (χ2v) is 7.71. The van der Waals surface area contributed by atoms with E-state index in [9.17, 15) is 9.59 Å². The summed E-state index contributed by atoms with van der Waals surface area (Å²) in [6, 6.07) is 23.1. The number of hydrogen-bond donors (Lipinski definition) is 2. The van der Waals surface area contributed by atoms with E-state index in [4.69, 9.17) is 9.47 Å². The van der Waals surface area contributed by atoms with E-state index in [1.54, 1.807) is 25.1 Å². The third-order valence-corrected chi connectivity index (χ3v) is 5.04. The number of ether oxygens (including phenoxy) is 2. The average Bonchev–Trinajstić information content (AvgIpc) is 2.83. The number of carbonyl (C=O) groups is 2. The highest BCUT2D eigenvalue weighted by molar-refractivity contribution is 6.05. The lowest BCUT2D eigenvalue weighted by atomic mass is 10.0. The first-order valence-electron chi connectivity index (χ1n) is 10.7. The Morgan fingerprint density at radius 1 is 0.848 bits per heavy atom. The molecular weight excluding hydrogens is 418 g/mol. The molecule has 0 spiro atoms. The van der Waals surface area contributed by atoms with Gasteiger partial charge in [-0.3, -0.25) is 9.59 Å². The number of nitrogens with zero attached hydrogens (tertiary/aromatic N) is 1. The maximum Gasteiger partial charge on any atom is 0.244 e. The van der Waals surface area contributed by atoms with Gasteiger partial charge in [-0.05, 0) is 35.7 Å². The van der Waals surface area contributed by atoms with Crippen LogP contribution in [-0.2, 0) is 16.0 Å². The van der Waals surface area contributed by atoms with E-state index in [1.165, 1.54) is 0 Å². The zero-order valence-electron chi connectivity index (χ0n) is 18.3. The lowest BCUT2D eigenvalue weighted by Crippen LogP contribution is -2.23. The predicted octanol–water partition coefficient (Wildman–Crippen LogP) is 4.19. The molecule has 0 saturated carbocycles. The first-order chi connectivity index (χ1) is 16.1. The topological polar surface area (TPSA) is 89.0 Å². The van der Waals surface area contributed by atoms with Crippen LogP contribution in [-0.4, -0.2) is 30.7 Å². The quantitative estimate of drug-likeness (QED) is 0.423. The highest BCUT2D eigenvalue weighted by atomic mass is 16.6. The molecule has 0 saturated heterocycles. The van der Waals surface area contributed by atoms with Crippen molar-refractivity contribution in [2.24, 2.45) is 5.10 Å². The number of rotatable bonds is 7. The van der Waals surface area contributed by atoms with E-state index in [0.29, 0.717) is 36.1 Å². The van der Waals surface area contributed by atoms with Gasteiger partial charge in [0, 0.05) is 17.5 Å². The predicted molar refractivity (Wildman–Crippen MR) is 128 cm³/mol. The Hall–Kier alpha value is -4.13. The second kappa shape index (κ2) is 10.5. The third-order valence-electron chi connectivity index (χ3n) is 5.04. The van der Waals surface area contributed by atoms with Gasteiger partial charge < -0.3 is 14.8 Å². The fourth-order valence-corrected chi connectivity index (χ4v) is 3.43. The van der Waals surface area contributed by atoms with Gasteiger partial charge in [-0.2, -0.15) is 5.10 Å². The number of hydrazone groups is 1. The molecular formula is C26H25N3O4. The van der Waals surface area contributed by atoms with E-state index in [2.05, 4.69) is 15.8 Å². The fraction of sp³-hybridized carbons (Fsp3) is 0.192. The van der Waals surface area contributed by atoms with E-state index in [1.807, 2.05) is 54.6 Å². The van der Waals surface area contributed by atoms with E-state index >= 15 is 0 Å². The minimum Gasteiger partial charge on any atom is -0.486 e. The Balaban J connectivity index is 1.25. The number of anilines is 1. The lowest BCUT2D eigenvalue weighted by molar-refractivity contribution is -0.120. The van der Waals surface area contributed by atoms with Gasteiger partial charge in [0.25, 0.3) is 0 Å². The highest BCUT2D eigenvalue weighted by Gasteiger charge is 2.13. The van der Waals surface area contributed by atoms with Gasteiger partial charge >= 0.3 is 0 Å². The van der Waals surface area contributed by atoms with Gasteiger partial charge in [0.05, 0.1) is 12.8 Å². The zero-order valence-corrected chi connectivity index (χ0v) is 18.3. The van der Waals surface area contributed by atoms with Crippen molar-refractivity contribution in [1.29, 1.82) is 0 Å². The minimum absolute atomic E-state index is 0.0560. The molecule has 4 rings (SSSR count). The number of fused-ring (bicyclic) bond motifs is 1. The summed E-state index contributed by atoms with van der Waals surface area (Å²) in [5.74, 6) is 0.788. The van der Waals surface area contributed by atoms with Gasteiger partial charge in [0.2, 0.25) is 11.8 Å². The van der Waals surface area contributed by atoms with Crippen LogP contribution in [0.1, 0.15) is 18.9 Å². The molecule has 1 aliphatic rings. The van der Waals surface area contributed by atoms with Crippen LogP contribution < -0.4 is 20.2 Å². The van der Waals surface area contributed by atoms with Crippen LogP contribution in [0.25, 0.3) is 11.1 Å². The largest absolute Gasteiger partial charge is 0.486 e. The summed E-state index contributed by atoms with van der Waals surface area (Å²) in [5.41, 5.74) is 6.74. The molecule has 2 N–H and O–H groups in total. The molecule has 3 aromatic carbocycles. The Bertz CT molecular complexity index is 1160. The van der Waals surface area contributed by atoms with Crippen LogP contribution in [0.3, 0.4) is 0 Å². The summed E-state index contributed by atoms with van der Waals surface area (Å²) in [5, 5.41) is 6.85. The van der Waals surface area contributed by atoms with Crippen molar-refractivity contribution in [3.8, 4) is 22.6 Å². The van der Waals surface area contributed by atoms with Crippen molar-refractivity contribution in [2.75, 3.05) is 18.5 Å². The van der Waals surface area contributed by atoms with E-state index in [0.717, 1.165) is 16.7 Å². The summed E-state index contributed by atoms with van der Waals surface area (Å²) in [6.45, 7) is 2.68. The first kappa shape index (κ1) is 22.1. The Morgan fingerprint density at radius 2 is 1.55 bits per heavy atom. The first-order valence-corrected chi connectivity index (χ1v) is 10.7. The van der Waals surface area contributed by atoms with Crippen LogP contribution in [0.15, 0.2) is 77.9 Å². The summed E-state index contributed by atoms with van der Waals surface area (Å²) in [6.07, 6.45) is 0.260. The number of benzene rings is 3. The highest BCUT2D eigenvalue weighted by Crippen LogP contribution is 2.32. The van der Waals surface area contributed by atoms with Gasteiger partial charge in [-0.1, -0.05) is 54.6 Å². The average molecular weight is 444 g/mol. The third kappa shape index (κ3) is 6.20. The number of nitrogens with one attached hydrogen (secondary N) is 2. The molecule has 0 unspecified atom stereocenters. The molecule has 0 aromatic heterocycles. The van der Waals surface area contributed by atoms with Crippen molar-refractivity contribution in [3.05, 3.63) is 78.4 Å². The van der Waals surface area contributed by atoms with Crippen molar-refractivity contribution in [1.82, 2.24) is 5.43 Å². The Morgan fingerprint density at radius 3 is 2.30 bits per heavy atom. The van der Waals surface area contributed by atoms with Crippen molar-refractivity contribution in [2.45, 2.75) is 19.8 Å². The summed E-state index contributed by atoms with van der Waals surface area (Å²) in [4.78, 5) is 24.5. The Kier molecular flexibility index (Phi) is 6.99. The zero-order chi connectivity index (χ0) is 23.0. The molecule has 1 heterocycles. The van der Waals surface area contributed by atoms with E-state index in [-0.39, 0.29) is 24.7 Å². The molecule has 0 atom stereocenters. The fourth-order valence-electron chi connectivity index (χ4n) is 3.43. The molecule has 0 bridgehead atoms. The monoisotopic (exact) mass is 443 g/mol. The number of carbonyl (C=O) groups excluding carboxylic acids is 2. The van der Waals surface area contributed by atoms with Crippen LogP contribution in [0, 0.1) is 0 Å². The van der Waals surface area contributed by atoms with Gasteiger partial charge in [-0.15, -0.1) is 0 Å². The van der Waals surface area contributed by atoms with E-state index < -0.39 is 0 Å². The molecule has 2 amide bonds. The van der Waals surface area contributed by atoms with Crippen LogP contribution in [0.2, 0.25) is 0 Å². The molecule has 1 aliphatic heterocycles. The van der Waals surface area contributed by atoms with Crippen molar-refractivity contribution >= 4 is 23.2 Å². The van der Waals surface area contributed by atoms with Gasteiger partial charge in [0.15, 0.2) is 11.5 Å². The smallest absolute Gasteiger partial charge is 0.244 e. The number of hydrogen-bond acceptors (Lipinski definition) is 5. The summed E-state index contributed by atoms with van der Waals surface area (Å²) in [7, 11) is 0. The molecule has 0 radical (unpaired) electrons. The van der Waals surface area contributed by atoms with Gasteiger partial charge in [-0.25, -0.2) is 5.43 Å². The SMILES string of the molecule is C/C(CC(=O)Nc1ccc2c(c1)OCCO2)=N/NC(=O)Cc1ccc(-c2ccccc2)cc1. The second-order valence-electron chi connectivity index (χ2n) is 7.71.